The Morgan fingerprint density at radius 3 is 2.73 bits per heavy atom. The molecule has 5 nitrogen and oxygen atoms in total. The lowest BCUT2D eigenvalue weighted by Gasteiger charge is -2.24. The van der Waals surface area contributed by atoms with Gasteiger partial charge in [0.05, 0.1) is 12.2 Å². The second kappa shape index (κ2) is 9.37. The molecule has 0 aliphatic carbocycles. The Hall–Kier alpha value is -0.790. The largest absolute Gasteiger partial charge is 0.351 e. The molecule has 0 amide bonds. The van der Waals surface area contributed by atoms with Gasteiger partial charge in [-0.05, 0) is 24.3 Å². The molecule has 1 fully saturated rings. The Kier molecular flexibility index (Phi) is 8.20. The summed E-state index contributed by atoms with van der Waals surface area (Å²) in [5.74, 6) is 2.69. The zero-order valence-corrected chi connectivity index (χ0v) is 16.6. The van der Waals surface area contributed by atoms with E-state index in [-0.39, 0.29) is 24.0 Å². The Morgan fingerprint density at radius 2 is 2.18 bits per heavy atom. The van der Waals surface area contributed by atoms with Crippen LogP contribution in [-0.4, -0.2) is 40.8 Å². The van der Waals surface area contributed by atoms with Crippen LogP contribution in [0.5, 0.6) is 0 Å². The molecule has 0 spiro atoms. The van der Waals surface area contributed by atoms with Gasteiger partial charge < -0.3 is 10.2 Å². The smallest absolute Gasteiger partial charge is 0.193 e. The number of aliphatic imine (C=N–C) groups is 1. The molecular weight excluding hydrogens is 389 g/mol. The Morgan fingerprint density at radius 1 is 1.45 bits per heavy atom. The van der Waals surface area contributed by atoms with Crippen LogP contribution in [-0.2, 0) is 13.6 Å². The second-order valence-electron chi connectivity index (χ2n) is 5.92. The standard InChI is InChI=1S/C16H29N5.HI/c1-5-13(6-2)14-8-10-21(12-14)16(17-3)18-11-15-7-9-19-20(15)4;/h7,9,13-14H,5-6,8,10-12H2,1-4H3,(H,17,18);1H. The molecule has 1 aliphatic heterocycles. The molecule has 0 bridgehead atoms. The van der Waals surface area contributed by atoms with Crippen LogP contribution >= 0.6 is 24.0 Å². The molecule has 2 rings (SSSR count). The van der Waals surface area contributed by atoms with E-state index in [0.717, 1.165) is 37.4 Å². The molecule has 6 heteroatoms. The Balaban J connectivity index is 0.00000242. The van der Waals surface area contributed by atoms with E-state index in [4.69, 9.17) is 0 Å². The average molecular weight is 419 g/mol. The average Bonchev–Trinajstić information content (AvgIpc) is 3.11. The SMILES string of the molecule is CCC(CC)C1CCN(C(=NC)NCc2ccnn2C)C1.I. The molecule has 126 valence electrons. The van der Waals surface area contributed by atoms with Crippen LogP contribution < -0.4 is 5.32 Å². The van der Waals surface area contributed by atoms with Crippen LogP contribution in [0.1, 0.15) is 38.8 Å². The van der Waals surface area contributed by atoms with Gasteiger partial charge in [-0.25, -0.2) is 0 Å². The highest BCUT2D eigenvalue weighted by atomic mass is 127. The van der Waals surface area contributed by atoms with Crippen molar-refractivity contribution in [3.05, 3.63) is 18.0 Å². The van der Waals surface area contributed by atoms with Crippen LogP contribution in [0.25, 0.3) is 0 Å². The van der Waals surface area contributed by atoms with Crippen LogP contribution in [0, 0.1) is 11.8 Å². The van der Waals surface area contributed by atoms with E-state index < -0.39 is 0 Å². The Bertz CT molecular complexity index is 467. The molecule has 1 aromatic heterocycles. The highest BCUT2D eigenvalue weighted by Gasteiger charge is 2.29. The van der Waals surface area contributed by atoms with Gasteiger partial charge in [-0.3, -0.25) is 9.67 Å². The fourth-order valence-electron chi connectivity index (χ4n) is 3.40. The van der Waals surface area contributed by atoms with Crippen molar-refractivity contribution in [2.75, 3.05) is 20.1 Å². The van der Waals surface area contributed by atoms with Crippen molar-refractivity contribution < 1.29 is 0 Å². The van der Waals surface area contributed by atoms with Crippen LogP contribution in [0.15, 0.2) is 17.3 Å². The van der Waals surface area contributed by atoms with Gasteiger partial charge in [-0.2, -0.15) is 5.10 Å². The summed E-state index contributed by atoms with van der Waals surface area (Å²) in [5.41, 5.74) is 1.17. The number of likely N-dealkylation sites (tertiary alicyclic amines) is 1. The molecule has 0 radical (unpaired) electrons. The van der Waals surface area contributed by atoms with Gasteiger partial charge in [0.25, 0.3) is 0 Å². The fraction of sp³-hybridized carbons (Fsp3) is 0.750. The van der Waals surface area contributed by atoms with Gasteiger partial charge in [0.15, 0.2) is 5.96 Å². The summed E-state index contributed by atoms with van der Waals surface area (Å²) in [6, 6.07) is 2.04. The first-order chi connectivity index (χ1) is 10.2. The molecule has 1 N–H and O–H groups in total. The first-order valence-corrected chi connectivity index (χ1v) is 8.12. The molecule has 1 unspecified atom stereocenters. The number of nitrogens with zero attached hydrogens (tertiary/aromatic N) is 4. The molecule has 2 heterocycles. The number of rotatable bonds is 5. The van der Waals surface area contributed by atoms with E-state index in [1.54, 1.807) is 0 Å². The number of halogens is 1. The fourth-order valence-corrected chi connectivity index (χ4v) is 3.40. The maximum atomic E-state index is 4.45. The van der Waals surface area contributed by atoms with Gasteiger partial charge in [-0.1, -0.05) is 26.7 Å². The summed E-state index contributed by atoms with van der Waals surface area (Å²) < 4.78 is 1.90. The summed E-state index contributed by atoms with van der Waals surface area (Å²) in [5, 5.41) is 7.66. The number of hydrogen-bond donors (Lipinski definition) is 1. The van der Waals surface area contributed by atoms with Gasteiger partial charge in [0, 0.05) is 33.4 Å². The van der Waals surface area contributed by atoms with Crippen molar-refractivity contribution in [1.82, 2.24) is 20.0 Å². The van der Waals surface area contributed by atoms with E-state index in [2.05, 4.69) is 34.2 Å². The maximum Gasteiger partial charge on any atom is 0.193 e. The first kappa shape index (κ1) is 19.3. The van der Waals surface area contributed by atoms with Gasteiger partial charge in [0.1, 0.15) is 0 Å². The lowest BCUT2D eigenvalue weighted by molar-refractivity contribution is 0.319. The molecule has 0 saturated carbocycles. The number of aryl methyl sites for hydroxylation is 1. The van der Waals surface area contributed by atoms with Crippen molar-refractivity contribution >= 4 is 29.9 Å². The molecular formula is C16H30IN5. The van der Waals surface area contributed by atoms with Crippen molar-refractivity contribution in [3.8, 4) is 0 Å². The molecule has 1 aliphatic rings. The zero-order chi connectivity index (χ0) is 15.2. The van der Waals surface area contributed by atoms with Crippen LogP contribution in [0.3, 0.4) is 0 Å². The third kappa shape index (κ3) is 4.60. The van der Waals surface area contributed by atoms with Crippen molar-refractivity contribution in [3.63, 3.8) is 0 Å². The van der Waals surface area contributed by atoms with Gasteiger partial charge in [0.2, 0.25) is 0 Å². The highest BCUT2D eigenvalue weighted by molar-refractivity contribution is 14.0. The van der Waals surface area contributed by atoms with E-state index in [1.807, 2.05) is 31.0 Å². The number of hydrogen-bond acceptors (Lipinski definition) is 2. The minimum atomic E-state index is 0. The maximum absolute atomic E-state index is 4.45. The van der Waals surface area contributed by atoms with E-state index in [0.29, 0.717) is 0 Å². The summed E-state index contributed by atoms with van der Waals surface area (Å²) in [7, 11) is 3.84. The summed E-state index contributed by atoms with van der Waals surface area (Å²) in [4.78, 5) is 6.85. The second-order valence-corrected chi connectivity index (χ2v) is 5.92. The summed E-state index contributed by atoms with van der Waals surface area (Å²) >= 11 is 0. The van der Waals surface area contributed by atoms with Gasteiger partial charge >= 0.3 is 0 Å². The highest BCUT2D eigenvalue weighted by Crippen LogP contribution is 2.28. The molecule has 1 atom stereocenters. The quantitative estimate of drug-likeness (QED) is 0.454. The molecule has 1 saturated heterocycles. The zero-order valence-electron chi connectivity index (χ0n) is 14.2. The third-order valence-corrected chi connectivity index (χ3v) is 4.80. The lowest BCUT2D eigenvalue weighted by atomic mass is 9.87. The van der Waals surface area contributed by atoms with Crippen LogP contribution in [0.2, 0.25) is 0 Å². The lowest BCUT2D eigenvalue weighted by Crippen LogP contribution is -2.40. The predicted octanol–water partition coefficient (Wildman–Crippen LogP) is 2.87. The van der Waals surface area contributed by atoms with E-state index in [1.165, 1.54) is 25.0 Å². The number of aromatic nitrogens is 2. The number of guanidine groups is 1. The molecule has 0 aromatic carbocycles. The normalized spacial score (nSPS) is 18.7. The molecule has 22 heavy (non-hydrogen) atoms. The van der Waals surface area contributed by atoms with E-state index >= 15 is 0 Å². The third-order valence-electron chi connectivity index (χ3n) is 4.80. The predicted molar refractivity (Wildman–Crippen MR) is 103 cm³/mol. The van der Waals surface area contributed by atoms with Crippen molar-refractivity contribution in [1.29, 1.82) is 0 Å². The number of nitrogens with one attached hydrogen (secondary N) is 1. The summed E-state index contributed by atoms with van der Waals surface area (Å²) in [6.45, 7) is 7.65. The minimum absolute atomic E-state index is 0. The molecule has 1 aromatic rings. The van der Waals surface area contributed by atoms with E-state index in [9.17, 15) is 0 Å². The topological polar surface area (TPSA) is 45.4 Å². The monoisotopic (exact) mass is 419 g/mol. The summed E-state index contributed by atoms with van der Waals surface area (Å²) in [6.07, 6.45) is 5.70. The van der Waals surface area contributed by atoms with Gasteiger partial charge in [-0.15, -0.1) is 24.0 Å². The van der Waals surface area contributed by atoms with Crippen molar-refractivity contribution in [2.24, 2.45) is 23.9 Å². The minimum Gasteiger partial charge on any atom is -0.351 e. The van der Waals surface area contributed by atoms with Crippen molar-refractivity contribution in [2.45, 2.75) is 39.7 Å². The van der Waals surface area contributed by atoms with Crippen LogP contribution in [0.4, 0.5) is 0 Å². The Labute approximate surface area is 151 Å². The first-order valence-electron chi connectivity index (χ1n) is 8.12.